The zero-order valence-corrected chi connectivity index (χ0v) is 11.8. The van der Waals surface area contributed by atoms with Gasteiger partial charge in [0.05, 0.1) is 0 Å². The molecule has 6 heteroatoms. The molecule has 0 aliphatic carbocycles. The molecule has 1 N–H and O–H groups in total. The van der Waals surface area contributed by atoms with Gasteiger partial charge in [0.15, 0.2) is 16.4 Å². The van der Waals surface area contributed by atoms with Crippen molar-refractivity contribution >= 4 is 17.3 Å². The first-order valence-corrected chi connectivity index (χ1v) is 7.36. The minimum atomic E-state index is -1.56. The first-order valence-electron chi connectivity index (χ1n) is 6.21. The van der Waals surface area contributed by atoms with Crippen LogP contribution in [-0.4, -0.2) is 17.3 Å². The van der Waals surface area contributed by atoms with Crippen molar-refractivity contribution in [3.05, 3.63) is 18.2 Å². The van der Waals surface area contributed by atoms with Gasteiger partial charge in [0.1, 0.15) is 11.4 Å². The van der Waals surface area contributed by atoms with Crippen LogP contribution >= 0.6 is 0 Å². The lowest BCUT2D eigenvalue weighted by Crippen LogP contribution is -2.31. The van der Waals surface area contributed by atoms with E-state index in [2.05, 4.69) is 4.72 Å². The minimum Gasteiger partial charge on any atom is -0.588 e. The number of nitrogens with one attached hydrogen (secondary N) is 1. The van der Waals surface area contributed by atoms with Gasteiger partial charge in [0, 0.05) is 12.5 Å². The lowest BCUT2D eigenvalue weighted by molar-refractivity contribution is -0.120. The van der Waals surface area contributed by atoms with E-state index in [9.17, 15) is 9.35 Å². The minimum absolute atomic E-state index is 0.172. The van der Waals surface area contributed by atoms with Crippen LogP contribution in [0, 0.1) is 5.92 Å². The van der Waals surface area contributed by atoms with Crippen LogP contribution in [0.2, 0.25) is 0 Å². The van der Waals surface area contributed by atoms with E-state index in [1.54, 1.807) is 18.2 Å². The van der Waals surface area contributed by atoms with Crippen LogP contribution in [0.3, 0.4) is 0 Å². The Kier molecular flexibility index (Phi) is 4.55. The molecular weight excluding hydrogens is 266 g/mol. The van der Waals surface area contributed by atoms with Crippen molar-refractivity contribution in [3.63, 3.8) is 0 Å². The molecule has 1 unspecified atom stereocenters. The molecule has 1 heterocycles. The van der Waals surface area contributed by atoms with Gasteiger partial charge in [0.25, 0.3) is 5.91 Å². The van der Waals surface area contributed by atoms with Crippen LogP contribution in [-0.2, 0) is 16.2 Å². The zero-order chi connectivity index (χ0) is 13.8. The average Bonchev–Trinajstić information content (AvgIpc) is 2.85. The highest BCUT2D eigenvalue weighted by atomic mass is 32.2. The van der Waals surface area contributed by atoms with Gasteiger partial charge in [-0.25, -0.2) is 0 Å². The standard InChI is InChI=1S/C13H17NO4S/c1-3-9(2)6-13(15)14-19(16)10-4-5-11-12(7-10)18-8-17-11/h4-5,7,9H,3,6,8H2,1-2H3,(H,14,15)/t9-,19?/m0/s1. The van der Waals surface area contributed by atoms with Crippen molar-refractivity contribution < 1.29 is 18.8 Å². The summed E-state index contributed by atoms with van der Waals surface area (Å²) in [6.07, 6.45) is 1.30. The molecule has 5 nitrogen and oxygen atoms in total. The summed E-state index contributed by atoms with van der Waals surface area (Å²) in [7, 11) is 0. The fourth-order valence-electron chi connectivity index (χ4n) is 1.66. The molecule has 0 aromatic heterocycles. The highest BCUT2D eigenvalue weighted by Gasteiger charge is 2.21. The Labute approximate surface area is 115 Å². The Morgan fingerprint density at radius 2 is 2.21 bits per heavy atom. The van der Waals surface area contributed by atoms with Crippen molar-refractivity contribution in [1.29, 1.82) is 0 Å². The molecule has 1 aromatic rings. The summed E-state index contributed by atoms with van der Waals surface area (Å²) in [5, 5.41) is 0. The number of hydrogen-bond donors (Lipinski definition) is 1. The van der Waals surface area contributed by atoms with E-state index in [0.717, 1.165) is 6.42 Å². The second-order valence-electron chi connectivity index (χ2n) is 4.53. The van der Waals surface area contributed by atoms with Gasteiger partial charge in [-0.3, -0.25) is 4.79 Å². The van der Waals surface area contributed by atoms with Gasteiger partial charge in [0.2, 0.25) is 6.79 Å². The average molecular weight is 283 g/mol. The van der Waals surface area contributed by atoms with Gasteiger partial charge in [-0.15, -0.1) is 0 Å². The summed E-state index contributed by atoms with van der Waals surface area (Å²) < 4.78 is 24.9. The second-order valence-corrected chi connectivity index (χ2v) is 5.74. The summed E-state index contributed by atoms with van der Waals surface area (Å²) in [6, 6.07) is 4.98. The Bertz CT molecular complexity index is 466. The molecule has 2 atom stereocenters. The molecule has 0 spiro atoms. The van der Waals surface area contributed by atoms with Crippen molar-refractivity contribution in [2.75, 3.05) is 6.79 Å². The van der Waals surface area contributed by atoms with Crippen molar-refractivity contribution in [2.45, 2.75) is 31.6 Å². The Morgan fingerprint density at radius 1 is 1.47 bits per heavy atom. The maximum absolute atomic E-state index is 12.0. The van der Waals surface area contributed by atoms with Crippen LogP contribution < -0.4 is 14.2 Å². The van der Waals surface area contributed by atoms with E-state index < -0.39 is 11.4 Å². The van der Waals surface area contributed by atoms with E-state index >= 15 is 0 Å². The Hall–Kier alpha value is -1.40. The third kappa shape index (κ3) is 3.54. The van der Waals surface area contributed by atoms with Crippen molar-refractivity contribution in [2.24, 2.45) is 5.92 Å². The smallest absolute Gasteiger partial charge is 0.261 e. The van der Waals surface area contributed by atoms with Crippen LogP contribution in [0.4, 0.5) is 0 Å². The summed E-state index contributed by atoms with van der Waals surface area (Å²) >= 11 is -1.56. The number of carbonyl (C=O) groups excluding carboxylic acids is 1. The molecule has 0 saturated carbocycles. The summed E-state index contributed by atoms with van der Waals surface area (Å²) in [5.74, 6) is 1.27. The highest BCUT2D eigenvalue weighted by molar-refractivity contribution is 7.90. The maximum atomic E-state index is 12.0. The fraction of sp³-hybridized carbons (Fsp3) is 0.462. The lowest BCUT2D eigenvalue weighted by Gasteiger charge is -2.12. The first-order chi connectivity index (χ1) is 9.10. The molecular formula is C13H17NO4S. The SMILES string of the molecule is CC[C@H](C)CC(=O)N[S+]([O-])c1ccc2c(c1)OCO2. The van der Waals surface area contributed by atoms with Gasteiger partial charge in [-0.1, -0.05) is 20.3 Å². The van der Waals surface area contributed by atoms with Gasteiger partial charge < -0.3 is 14.0 Å². The number of ether oxygens (including phenoxy) is 2. The topological polar surface area (TPSA) is 70.6 Å². The van der Waals surface area contributed by atoms with E-state index in [1.165, 1.54) is 0 Å². The molecule has 1 amide bonds. The molecule has 0 fully saturated rings. The normalized spacial score (nSPS) is 15.9. The van der Waals surface area contributed by atoms with Crippen molar-refractivity contribution in [3.8, 4) is 11.5 Å². The molecule has 1 aliphatic heterocycles. The Morgan fingerprint density at radius 3 is 2.95 bits per heavy atom. The van der Waals surface area contributed by atoms with Gasteiger partial charge in [-0.05, 0) is 18.1 Å². The molecule has 0 saturated heterocycles. The molecule has 2 rings (SSSR count). The van der Waals surface area contributed by atoms with Crippen molar-refractivity contribution in [1.82, 2.24) is 4.72 Å². The second kappa shape index (κ2) is 6.16. The quantitative estimate of drug-likeness (QED) is 0.839. The fourth-order valence-corrected chi connectivity index (χ4v) is 2.47. The number of fused-ring (bicyclic) bond motifs is 1. The zero-order valence-electron chi connectivity index (χ0n) is 11.0. The van der Waals surface area contributed by atoms with Gasteiger partial charge in [-0.2, -0.15) is 4.72 Å². The molecule has 0 radical (unpaired) electrons. The lowest BCUT2D eigenvalue weighted by atomic mass is 10.1. The molecule has 0 bridgehead atoms. The summed E-state index contributed by atoms with van der Waals surface area (Å²) in [4.78, 5) is 12.2. The molecule has 1 aliphatic rings. The predicted molar refractivity (Wildman–Crippen MR) is 71.2 cm³/mol. The van der Waals surface area contributed by atoms with E-state index in [4.69, 9.17) is 9.47 Å². The number of amides is 1. The van der Waals surface area contributed by atoms with Crippen LogP contribution in [0.25, 0.3) is 0 Å². The molecule has 104 valence electrons. The first kappa shape index (κ1) is 14.0. The largest absolute Gasteiger partial charge is 0.588 e. The van der Waals surface area contributed by atoms with E-state index in [0.29, 0.717) is 22.8 Å². The third-order valence-corrected chi connectivity index (χ3v) is 4.09. The van der Waals surface area contributed by atoms with Crippen LogP contribution in [0.5, 0.6) is 11.5 Å². The number of rotatable bonds is 5. The summed E-state index contributed by atoms with van der Waals surface area (Å²) in [5.41, 5.74) is 0. The molecule has 19 heavy (non-hydrogen) atoms. The van der Waals surface area contributed by atoms with E-state index in [-0.39, 0.29) is 18.6 Å². The maximum Gasteiger partial charge on any atom is 0.261 e. The monoisotopic (exact) mass is 283 g/mol. The van der Waals surface area contributed by atoms with E-state index in [1.807, 2.05) is 13.8 Å². The predicted octanol–water partition coefficient (Wildman–Crippen LogP) is 1.99. The third-order valence-electron chi connectivity index (χ3n) is 3.00. The van der Waals surface area contributed by atoms with Gasteiger partial charge >= 0.3 is 0 Å². The highest BCUT2D eigenvalue weighted by Crippen LogP contribution is 2.33. The van der Waals surface area contributed by atoms with Crippen LogP contribution in [0.1, 0.15) is 26.7 Å². The summed E-state index contributed by atoms with van der Waals surface area (Å²) in [6.45, 7) is 4.18. The Balaban J connectivity index is 1.96. The number of hydrogen-bond acceptors (Lipinski definition) is 4. The van der Waals surface area contributed by atoms with Crippen LogP contribution in [0.15, 0.2) is 23.1 Å². The number of carbonyl (C=O) groups is 1. The number of benzene rings is 1. The molecule has 1 aromatic carbocycles.